The van der Waals surface area contributed by atoms with E-state index in [1.165, 1.54) is 44.1 Å². The fourth-order valence-corrected chi connectivity index (χ4v) is 6.73. The van der Waals surface area contributed by atoms with Crippen molar-refractivity contribution in [3.63, 3.8) is 0 Å². The van der Waals surface area contributed by atoms with Crippen LogP contribution in [0.4, 0.5) is 0 Å². The standard InChI is InChI=1S/C22H29NO/c1-14(22-11-15-7-16(12-22)9-17(8-15)13-22)23-21(24)20-10-19(20)18-5-3-2-4-6-18/h2-6,14-17,19-20H,7-13H2,1H3,(H,23,24). The van der Waals surface area contributed by atoms with Gasteiger partial charge in [-0.25, -0.2) is 0 Å². The van der Waals surface area contributed by atoms with Crippen LogP contribution in [0.2, 0.25) is 0 Å². The van der Waals surface area contributed by atoms with Crippen LogP contribution in [0, 0.1) is 29.1 Å². The molecule has 128 valence electrons. The van der Waals surface area contributed by atoms with Crippen molar-refractivity contribution in [1.29, 1.82) is 0 Å². The summed E-state index contributed by atoms with van der Waals surface area (Å²) >= 11 is 0. The molecule has 3 atom stereocenters. The van der Waals surface area contributed by atoms with Crippen molar-refractivity contribution in [3.05, 3.63) is 35.9 Å². The van der Waals surface area contributed by atoms with Gasteiger partial charge in [-0.2, -0.15) is 0 Å². The smallest absolute Gasteiger partial charge is 0.223 e. The average Bonchev–Trinajstić information content (AvgIpc) is 3.35. The molecule has 1 aromatic rings. The zero-order valence-electron chi connectivity index (χ0n) is 14.7. The quantitative estimate of drug-likeness (QED) is 0.868. The molecule has 2 nitrogen and oxygen atoms in total. The molecule has 1 N–H and O–H groups in total. The molecule has 1 amide bonds. The summed E-state index contributed by atoms with van der Waals surface area (Å²) in [7, 11) is 0. The summed E-state index contributed by atoms with van der Waals surface area (Å²) in [5.41, 5.74) is 1.75. The third-order valence-corrected chi connectivity index (χ3v) is 7.72. The molecule has 1 aromatic carbocycles. The Balaban J connectivity index is 1.25. The molecular formula is C22H29NO. The minimum atomic E-state index is 0.212. The number of nitrogens with one attached hydrogen (secondary N) is 1. The van der Waals surface area contributed by atoms with E-state index < -0.39 is 0 Å². The van der Waals surface area contributed by atoms with E-state index in [1.54, 1.807) is 0 Å². The van der Waals surface area contributed by atoms with Crippen molar-refractivity contribution in [1.82, 2.24) is 5.32 Å². The minimum absolute atomic E-state index is 0.212. The highest BCUT2D eigenvalue weighted by atomic mass is 16.2. The molecule has 0 heterocycles. The van der Waals surface area contributed by atoms with Crippen molar-refractivity contribution in [3.8, 4) is 0 Å². The van der Waals surface area contributed by atoms with Gasteiger partial charge in [0.1, 0.15) is 0 Å². The maximum Gasteiger partial charge on any atom is 0.223 e. The van der Waals surface area contributed by atoms with Gasteiger partial charge < -0.3 is 5.32 Å². The van der Waals surface area contributed by atoms with Crippen LogP contribution in [0.15, 0.2) is 30.3 Å². The van der Waals surface area contributed by atoms with Gasteiger partial charge in [0.2, 0.25) is 5.91 Å². The lowest BCUT2D eigenvalue weighted by Gasteiger charge is -2.59. The number of amides is 1. The Bertz CT molecular complexity index is 601. The molecule has 0 aliphatic heterocycles. The monoisotopic (exact) mass is 323 g/mol. The van der Waals surface area contributed by atoms with E-state index in [0.717, 1.165) is 24.2 Å². The van der Waals surface area contributed by atoms with Crippen LogP contribution >= 0.6 is 0 Å². The molecule has 5 aliphatic rings. The Labute approximate surface area is 145 Å². The summed E-state index contributed by atoms with van der Waals surface area (Å²) in [4.78, 5) is 12.8. The Morgan fingerprint density at radius 2 is 1.58 bits per heavy atom. The molecule has 4 bridgehead atoms. The van der Waals surface area contributed by atoms with Gasteiger partial charge in [0, 0.05) is 12.0 Å². The van der Waals surface area contributed by atoms with Gasteiger partial charge in [-0.1, -0.05) is 30.3 Å². The first kappa shape index (κ1) is 15.0. The van der Waals surface area contributed by atoms with Crippen LogP contribution in [0.1, 0.15) is 63.4 Å². The van der Waals surface area contributed by atoms with E-state index >= 15 is 0 Å². The van der Waals surface area contributed by atoms with Crippen LogP contribution in [0.5, 0.6) is 0 Å². The molecule has 2 heteroatoms. The number of carbonyl (C=O) groups is 1. The van der Waals surface area contributed by atoms with E-state index in [-0.39, 0.29) is 5.92 Å². The predicted molar refractivity (Wildman–Crippen MR) is 95.5 cm³/mol. The Hall–Kier alpha value is -1.31. The van der Waals surface area contributed by atoms with Crippen molar-refractivity contribution >= 4 is 5.91 Å². The number of benzene rings is 1. The first-order chi connectivity index (χ1) is 11.6. The Morgan fingerprint density at radius 1 is 1.00 bits per heavy atom. The van der Waals surface area contributed by atoms with Gasteiger partial charge in [-0.15, -0.1) is 0 Å². The third kappa shape index (κ3) is 2.41. The second kappa shape index (κ2) is 5.34. The van der Waals surface area contributed by atoms with Crippen LogP contribution < -0.4 is 5.32 Å². The Kier molecular flexibility index (Phi) is 3.34. The van der Waals surface area contributed by atoms with Crippen LogP contribution in [-0.4, -0.2) is 11.9 Å². The van der Waals surface area contributed by atoms with Crippen molar-refractivity contribution < 1.29 is 4.79 Å². The summed E-state index contributed by atoms with van der Waals surface area (Å²) in [5, 5.41) is 3.46. The molecule has 5 saturated carbocycles. The second-order valence-corrected chi connectivity index (χ2v) is 9.37. The summed E-state index contributed by atoms with van der Waals surface area (Å²) < 4.78 is 0. The molecule has 5 aliphatic carbocycles. The van der Waals surface area contributed by atoms with Gasteiger partial charge in [-0.3, -0.25) is 4.79 Å². The van der Waals surface area contributed by atoms with Gasteiger partial charge in [0.25, 0.3) is 0 Å². The lowest BCUT2D eigenvalue weighted by Crippen LogP contribution is -2.56. The minimum Gasteiger partial charge on any atom is -0.353 e. The molecule has 3 unspecified atom stereocenters. The van der Waals surface area contributed by atoms with Crippen LogP contribution in [0.25, 0.3) is 0 Å². The number of carbonyl (C=O) groups excluding carboxylic acids is 1. The fraction of sp³-hybridized carbons (Fsp3) is 0.682. The van der Waals surface area contributed by atoms with Gasteiger partial charge in [0.15, 0.2) is 0 Å². The molecule has 5 fully saturated rings. The summed E-state index contributed by atoms with van der Waals surface area (Å²) in [5.74, 6) is 3.83. The van der Waals surface area contributed by atoms with E-state index in [1.807, 2.05) is 0 Å². The molecule has 6 rings (SSSR count). The SMILES string of the molecule is CC(NC(=O)C1CC1c1ccccc1)C12CC3CC(CC(C3)C1)C2. The van der Waals surface area contributed by atoms with E-state index in [9.17, 15) is 4.79 Å². The molecule has 24 heavy (non-hydrogen) atoms. The van der Waals surface area contributed by atoms with Gasteiger partial charge >= 0.3 is 0 Å². The highest BCUT2D eigenvalue weighted by molar-refractivity contribution is 5.83. The molecule has 0 saturated heterocycles. The summed E-state index contributed by atoms with van der Waals surface area (Å²) in [6, 6.07) is 10.9. The fourth-order valence-electron chi connectivity index (χ4n) is 6.73. The van der Waals surface area contributed by atoms with Crippen molar-refractivity contribution in [2.45, 2.75) is 63.8 Å². The van der Waals surface area contributed by atoms with Crippen LogP contribution in [0.3, 0.4) is 0 Å². The first-order valence-corrected chi connectivity index (χ1v) is 9.98. The normalized spacial score (nSPS) is 43.5. The van der Waals surface area contributed by atoms with Crippen molar-refractivity contribution in [2.24, 2.45) is 29.1 Å². The second-order valence-electron chi connectivity index (χ2n) is 9.37. The number of hydrogen-bond donors (Lipinski definition) is 1. The van der Waals surface area contributed by atoms with E-state index in [2.05, 4.69) is 42.6 Å². The first-order valence-electron chi connectivity index (χ1n) is 9.98. The zero-order valence-corrected chi connectivity index (χ0v) is 14.7. The average molecular weight is 323 g/mol. The topological polar surface area (TPSA) is 29.1 Å². The highest BCUT2D eigenvalue weighted by Crippen LogP contribution is 2.61. The highest BCUT2D eigenvalue weighted by Gasteiger charge is 2.54. The lowest BCUT2D eigenvalue weighted by atomic mass is 9.48. The predicted octanol–water partition coefficient (Wildman–Crippen LogP) is 4.51. The van der Waals surface area contributed by atoms with E-state index in [4.69, 9.17) is 0 Å². The molecule has 0 radical (unpaired) electrons. The lowest BCUT2D eigenvalue weighted by molar-refractivity contribution is -0.127. The number of hydrogen-bond acceptors (Lipinski definition) is 1. The van der Waals surface area contributed by atoms with Crippen LogP contribution in [-0.2, 0) is 4.79 Å². The maximum atomic E-state index is 12.8. The maximum absolute atomic E-state index is 12.8. The summed E-state index contributed by atoms with van der Waals surface area (Å²) in [6.45, 7) is 2.30. The van der Waals surface area contributed by atoms with Gasteiger partial charge in [0.05, 0.1) is 0 Å². The molecule has 0 spiro atoms. The van der Waals surface area contributed by atoms with E-state index in [0.29, 0.717) is 23.3 Å². The largest absolute Gasteiger partial charge is 0.353 e. The molecular weight excluding hydrogens is 294 g/mol. The Morgan fingerprint density at radius 3 is 2.17 bits per heavy atom. The molecule has 0 aromatic heterocycles. The number of rotatable bonds is 4. The van der Waals surface area contributed by atoms with Crippen molar-refractivity contribution in [2.75, 3.05) is 0 Å². The third-order valence-electron chi connectivity index (χ3n) is 7.72. The zero-order chi connectivity index (χ0) is 16.3. The van der Waals surface area contributed by atoms with Gasteiger partial charge in [-0.05, 0) is 86.5 Å². The summed E-state index contributed by atoms with van der Waals surface area (Å²) in [6.07, 6.45) is 9.55.